The zero-order chi connectivity index (χ0) is 12.3. The van der Waals surface area contributed by atoms with E-state index in [0.717, 1.165) is 26.2 Å². The maximum atomic E-state index is 5.89. The molecule has 4 nitrogen and oxygen atoms in total. The monoisotopic (exact) mass is 241 g/mol. The molecule has 0 aromatic heterocycles. The molecule has 0 aromatic carbocycles. The van der Waals surface area contributed by atoms with E-state index in [0.29, 0.717) is 12.1 Å². The van der Waals surface area contributed by atoms with Crippen LogP contribution in [0.3, 0.4) is 0 Å². The number of likely N-dealkylation sites (N-methyl/N-ethyl adjacent to an activating group) is 1. The molecule has 2 rings (SSSR count). The van der Waals surface area contributed by atoms with E-state index in [2.05, 4.69) is 35.6 Å². The van der Waals surface area contributed by atoms with Gasteiger partial charge in [0.25, 0.3) is 0 Å². The third-order valence-corrected chi connectivity index (χ3v) is 3.96. The number of morpholine rings is 1. The molecule has 17 heavy (non-hydrogen) atoms. The largest absolute Gasteiger partial charge is 0.374 e. The molecule has 2 saturated heterocycles. The molecular weight excluding hydrogens is 214 g/mol. The Hall–Kier alpha value is -0.160. The summed E-state index contributed by atoms with van der Waals surface area (Å²) in [5.41, 5.74) is 0. The quantitative estimate of drug-likeness (QED) is 0.709. The van der Waals surface area contributed by atoms with E-state index in [1.807, 2.05) is 0 Å². The predicted octanol–water partition coefficient (Wildman–Crippen LogP) is 0.343. The summed E-state index contributed by atoms with van der Waals surface area (Å²) in [4.78, 5) is 7.48. The van der Waals surface area contributed by atoms with Crippen molar-refractivity contribution in [1.82, 2.24) is 14.7 Å². The van der Waals surface area contributed by atoms with Crippen molar-refractivity contribution < 1.29 is 4.74 Å². The molecule has 0 amide bonds. The molecule has 0 aromatic rings. The van der Waals surface area contributed by atoms with Crippen LogP contribution in [-0.2, 0) is 4.74 Å². The summed E-state index contributed by atoms with van der Waals surface area (Å²) >= 11 is 0. The average Bonchev–Trinajstić information content (AvgIpc) is 2.32. The van der Waals surface area contributed by atoms with Crippen molar-refractivity contribution >= 4 is 0 Å². The molecule has 100 valence electrons. The van der Waals surface area contributed by atoms with Crippen molar-refractivity contribution in [1.29, 1.82) is 0 Å². The molecular formula is C13H27N3O. The fourth-order valence-electron chi connectivity index (χ4n) is 2.64. The van der Waals surface area contributed by atoms with E-state index in [1.165, 1.54) is 26.2 Å². The minimum atomic E-state index is 0.412. The van der Waals surface area contributed by atoms with E-state index >= 15 is 0 Å². The predicted molar refractivity (Wildman–Crippen MR) is 70.4 cm³/mol. The molecule has 4 heteroatoms. The Morgan fingerprint density at radius 2 is 1.82 bits per heavy atom. The minimum absolute atomic E-state index is 0.412. The lowest BCUT2D eigenvalue weighted by molar-refractivity contribution is -0.0557. The van der Waals surface area contributed by atoms with Crippen molar-refractivity contribution in [3.8, 4) is 0 Å². The van der Waals surface area contributed by atoms with Gasteiger partial charge < -0.3 is 9.64 Å². The average molecular weight is 241 g/mol. The molecule has 0 spiro atoms. The summed E-state index contributed by atoms with van der Waals surface area (Å²) in [6.45, 7) is 13.5. The molecule has 2 fully saturated rings. The van der Waals surface area contributed by atoms with E-state index in [1.54, 1.807) is 0 Å². The number of hydrogen-bond donors (Lipinski definition) is 0. The van der Waals surface area contributed by atoms with Crippen LogP contribution in [0.15, 0.2) is 0 Å². The highest BCUT2D eigenvalue weighted by Gasteiger charge is 2.25. The highest BCUT2D eigenvalue weighted by molar-refractivity contribution is 4.79. The third-order valence-electron chi connectivity index (χ3n) is 3.96. The van der Waals surface area contributed by atoms with Crippen LogP contribution in [0.1, 0.15) is 13.8 Å². The first kappa shape index (κ1) is 13.3. The van der Waals surface area contributed by atoms with Crippen molar-refractivity contribution in [2.75, 3.05) is 59.5 Å². The number of ether oxygens (including phenoxy) is 1. The third kappa shape index (κ3) is 3.91. The lowest BCUT2D eigenvalue weighted by Gasteiger charge is -2.39. The summed E-state index contributed by atoms with van der Waals surface area (Å²) in [5, 5.41) is 0. The minimum Gasteiger partial charge on any atom is -0.374 e. The molecule has 0 N–H and O–H groups in total. The van der Waals surface area contributed by atoms with Crippen molar-refractivity contribution in [2.24, 2.45) is 0 Å². The Morgan fingerprint density at radius 1 is 1.12 bits per heavy atom. The Kier molecular flexibility index (Phi) is 4.79. The van der Waals surface area contributed by atoms with Crippen LogP contribution in [0.4, 0.5) is 0 Å². The van der Waals surface area contributed by atoms with Crippen LogP contribution < -0.4 is 0 Å². The lowest BCUT2D eigenvalue weighted by atomic mass is 10.2. The van der Waals surface area contributed by atoms with Crippen LogP contribution in [0.2, 0.25) is 0 Å². The molecule has 1 atom stereocenters. The second-order valence-corrected chi connectivity index (χ2v) is 5.69. The van der Waals surface area contributed by atoms with Gasteiger partial charge in [-0.25, -0.2) is 0 Å². The number of nitrogens with zero attached hydrogens (tertiary/aromatic N) is 3. The van der Waals surface area contributed by atoms with Crippen LogP contribution in [0, 0.1) is 0 Å². The van der Waals surface area contributed by atoms with Crippen LogP contribution >= 0.6 is 0 Å². The highest BCUT2D eigenvalue weighted by atomic mass is 16.5. The number of piperazine rings is 1. The smallest absolute Gasteiger partial charge is 0.0829 e. The topological polar surface area (TPSA) is 19.0 Å². The van der Waals surface area contributed by atoms with Crippen LogP contribution in [-0.4, -0.2) is 86.3 Å². The summed E-state index contributed by atoms with van der Waals surface area (Å²) in [5.74, 6) is 0. The van der Waals surface area contributed by atoms with Gasteiger partial charge in [0.2, 0.25) is 0 Å². The SMILES string of the molecule is CC(C)N1CCOC(CN2CCN(C)CC2)C1. The number of rotatable bonds is 3. The summed E-state index contributed by atoms with van der Waals surface area (Å²) in [6.07, 6.45) is 0.412. The fraction of sp³-hybridized carbons (Fsp3) is 1.00. The first-order chi connectivity index (χ1) is 8.15. The Bertz CT molecular complexity index is 227. The van der Waals surface area contributed by atoms with Crippen LogP contribution in [0.5, 0.6) is 0 Å². The normalized spacial score (nSPS) is 30.0. The molecule has 0 saturated carbocycles. The maximum Gasteiger partial charge on any atom is 0.0829 e. The van der Waals surface area contributed by atoms with Gasteiger partial charge >= 0.3 is 0 Å². The van der Waals surface area contributed by atoms with Crippen molar-refractivity contribution in [3.05, 3.63) is 0 Å². The summed E-state index contributed by atoms with van der Waals surface area (Å²) < 4.78 is 5.89. The first-order valence-corrected chi connectivity index (χ1v) is 6.91. The van der Waals surface area contributed by atoms with E-state index in [-0.39, 0.29) is 0 Å². The second-order valence-electron chi connectivity index (χ2n) is 5.69. The maximum absolute atomic E-state index is 5.89. The van der Waals surface area contributed by atoms with Crippen molar-refractivity contribution in [2.45, 2.75) is 26.0 Å². The molecule has 2 heterocycles. The first-order valence-electron chi connectivity index (χ1n) is 6.91. The standard InChI is InChI=1S/C13H27N3O/c1-12(2)16-8-9-17-13(11-16)10-15-6-4-14(3)5-7-15/h12-13H,4-11H2,1-3H3. The fourth-order valence-corrected chi connectivity index (χ4v) is 2.64. The second kappa shape index (κ2) is 6.14. The van der Waals surface area contributed by atoms with Gasteiger partial charge in [0.15, 0.2) is 0 Å². The molecule has 2 aliphatic heterocycles. The molecule has 2 aliphatic rings. The van der Waals surface area contributed by atoms with E-state index < -0.39 is 0 Å². The molecule has 0 radical (unpaired) electrons. The molecule has 0 aliphatic carbocycles. The molecule has 0 bridgehead atoms. The Labute approximate surface area is 105 Å². The summed E-state index contributed by atoms with van der Waals surface area (Å²) in [7, 11) is 2.20. The van der Waals surface area contributed by atoms with Gasteiger partial charge in [-0.05, 0) is 20.9 Å². The van der Waals surface area contributed by atoms with E-state index in [4.69, 9.17) is 4.74 Å². The Balaban J connectivity index is 1.75. The van der Waals surface area contributed by atoms with Crippen molar-refractivity contribution in [3.63, 3.8) is 0 Å². The lowest BCUT2D eigenvalue weighted by Crippen LogP contribution is -2.52. The zero-order valence-electron chi connectivity index (χ0n) is 11.6. The molecule has 1 unspecified atom stereocenters. The Morgan fingerprint density at radius 3 is 2.47 bits per heavy atom. The van der Waals surface area contributed by atoms with Gasteiger partial charge in [-0.15, -0.1) is 0 Å². The highest BCUT2D eigenvalue weighted by Crippen LogP contribution is 2.11. The van der Waals surface area contributed by atoms with Gasteiger partial charge in [0, 0.05) is 51.9 Å². The van der Waals surface area contributed by atoms with Gasteiger partial charge in [0.05, 0.1) is 12.7 Å². The van der Waals surface area contributed by atoms with Crippen LogP contribution in [0.25, 0.3) is 0 Å². The van der Waals surface area contributed by atoms with Gasteiger partial charge in [-0.3, -0.25) is 9.80 Å². The van der Waals surface area contributed by atoms with E-state index in [9.17, 15) is 0 Å². The number of hydrogen-bond acceptors (Lipinski definition) is 4. The van der Waals surface area contributed by atoms with Gasteiger partial charge in [-0.2, -0.15) is 0 Å². The van der Waals surface area contributed by atoms with Gasteiger partial charge in [-0.1, -0.05) is 0 Å². The van der Waals surface area contributed by atoms with Gasteiger partial charge in [0.1, 0.15) is 0 Å². The summed E-state index contributed by atoms with van der Waals surface area (Å²) in [6, 6.07) is 0.647. The zero-order valence-corrected chi connectivity index (χ0v) is 11.6.